The summed E-state index contributed by atoms with van der Waals surface area (Å²) in [6.45, 7) is 6.66. The maximum Gasteiger partial charge on any atom is 0.246 e. The number of sulfonamides is 1. The Labute approximate surface area is 184 Å². The zero-order chi connectivity index (χ0) is 23.4. The highest BCUT2D eigenvalue weighted by atomic mass is 32.2. The van der Waals surface area contributed by atoms with Crippen molar-refractivity contribution in [1.29, 1.82) is 0 Å². The van der Waals surface area contributed by atoms with E-state index in [2.05, 4.69) is 5.32 Å². The van der Waals surface area contributed by atoms with Crippen molar-refractivity contribution in [2.45, 2.75) is 39.5 Å². The first-order valence-electron chi connectivity index (χ1n) is 10.4. The molecule has 0 atom stereocenters. The van der Waals surface area contributed by atoms with Crippen molar-refractivity contribution in [3.05, 3.63) is 0 Å². The smallest absolute Gasteiger partial charge is 0.246 e. The molecule has 0 heterocycles. The van der Waals surface area contributed by atoms with Gasteiger partial charge in [0.25, 0.3) is 0 Å². The van der Waals surface area contributed by atoms with Crippen molar-refractivity contribution < 1.29 is 41.7 Å². The van der Waals surface area contributed by atoms with Gasteiger partial charge >= 0.3 is 0 Å². The first kappa shape index (κ1) is 29.4. The lowest BCUT2D eigenvalue weighted by atomic mass is 10.2. The van der Waals surface area contributed by atoms with Crippen LogP contribution in [-0.2, 0) is 43.4 Å². The lowest BCUT2D eigenvalue weighted by Crippen LogP contribution is -2.32. The molecular formula is C19H36N2O9S. The maximum atomic E-state index is 11.7. The first-order valence-corrected chi connectivity index (χ1v) is 12.1. The minimum Gasteiger partial charge on any atom is -0.379 e. The SMILES string of the molecule is CCOCCOCCNC(=O)COCCOCCCC(=O)CCS(=O)(=O)NC(=O)CC. The standard InChI is InChI=1S/C19H36N2O9S/c1-3-18(23)21-31(25,26)15-7-17(22)6-5-9-28-13-14-30-16-19(24)20-8-10-29-12-11-27-4-2/h3-16H2,1-2H3,(H,20,24)(H,21,23). The van der Waals surface area contributed by atoms with Crippen molar-refractivity contribution in [3.8, 4) is 0 Å². The van der Waals surface area contributed by atoms with Gasteiger partial charge in [0.05, 0.1) is 38.8 Å². The third kappa shape index (κ3) is 20.1. The summed E-state index contributed by atoms with van der Waals surface area (Å²) in [5.74, 6) is -1.46. The summed E-state index contributed by atoms with van der Waals surface area (Å²) in [4.78, 5) is 34.3. The third-order valence-electron chi connectivity index (χ3n) is 3.73. The molecule has 31 heavy (non-hydrogen) atoms. The fraction of sp³-hybridized carbons (Fsp3) is 0.842. The molecule has 0 aromatic carbocycles. The minimum atomic E-state index is -3.77. The Kier molecular flexibility index (Phi) is 18.1. The van der Waals surface area contributed by atoms with E-state index in [4.69, 9.17) is 18.9 Å². The average Bonchev–Trinajstić information content (AvgIpc) is 2.73. The van der Waals surface area contributed by atoms with Gasteiger partial charge in [0.1, 0.15) is 12.4 Å². The number of rotatable bonds is 21. The number of hydrogen-bond donors (Lipinski definition) is 2. The Bertz CT molecular complexity index is 611. The van der Waals surface area contributed by atoms with E-state index in [0.29, 0.717) is 46.0 Å². The molecule has 0 aromatic heterocycles. The number of amides is 2. The molecule has 0 saturated heterocycles. The van der Waals surface area contributed by atoms with Crippen LogP contribution in [0.5, 0.6) is 0 Å². The number of nitrogens with one attached hydrogen (secondary N) is 2. The quantitative estimate of drug-likeness (QED) is 0.218. The van der Waals surface area contributed by atoms with E-state index in [9.17, 15) is 22.8 Å². The van der Waals surface area contributed by atoms with Crippen molar-refractivity contribution in [2.75, 3.05) is 65.2 Å². The van der Waals surface area contributed by atoms with Crippen molar-refractivity contribution in [1.82, 2.24) is 10.0 Å². The van der Waals surface area contributed by atoms with Crippen LogP contribution in [0.15, 0.2) is 0 Å². The molecule has 0 unspecified atom stereocenters. The van der Waals surface area contributed by atoms with Crippen molar-refractivity contribution in [2.24, 2.45) is 0 Å². The Hall–Kier alpha value is -1.60. The van der Waals surface area contributed by atoms with E-state index in [1.807, 2.05) is 11.6 Å². The van der Waals surface area contributed by atoms with E-state index in [-0.39, 0.29) is 50.8 Å². The van der Waals surface area contributed by atoms with E-state index in [1.54, 1.807) is 6.92 Å². The zero-order valence-corrected chi connectivity index (χ0v) is 19.3. The highest BCUT2D eigenvalue weighted by Crippen LogP contribution is 1.99. The molecule has 0 fully saturated rings. The van der Waals surface area contributed by atoms with Gasteiger partial charge < -0.3 is 24.3 Å². The Balaban J connectivity index is 3.51. The molecule has 2 N–H and O–H groups in total. The van der Waals surface area contributed by atoms with Gasteiger partial charge in [0.15, 0.2) is 0 Å². The third-order valence-corrected chi connectivity index (χ3v) is 5.01. The molecule has 2 amide bonds. The molecule has 0 spiro atoms. The number of carbonyl (C=O) groups is 3. The second-order valence-corrected chi connectivity index (χ2v) is 8.26. The summed E-state index contributed by atoms with van der Waals surface area (Å²) in [5.41, 5.74) is 0. The van der Waals surface area contributed by atoms with Gasteiger partial charge in [-0.2, -0.15) is 0 Å². The second kappa shape index (κ2) is 19.1. The summed E-state index contributed by atoms with van der Waals surface area (Å²) in [6, 6.07) is 0. The van der Waals surface area contributed by atoms with Crippen LogP contribution >= 0.6 is 0 Å². The van der Waals surface area contributed by atoms with Crippen LogP contribution < -0.4 is 10.0 Å². The number of ketones is 1. The van der Waals surface area contributed by atoms with E-state index >= 15 is 0 Å². The highest BCUT2D eigenvalue weighted by molar-refractivity contribution is 7.90. The Morgan fingerprint density at radius 2 is 1.42 bits per heavy atom. The summed E-state index contributed by atoms with van der Waals surface area (Å²) >= 11 is 0. The number of Topliss-reactive ketones (excluding diaryl/α,β-unsaturated/α-hetero) is 1. The van der Waals surface area contributed by atoms with Crippen LogP contribution in [0.3, 0.4) is 0 Å². The predicted molar refractivity (Wildman–Crippen MR) is 113 cm³/mol. The van der Waals surface area contributed by atoms with E-state index in [1.165, 1.54) is 0 Å². The molecule has 0 aliphatic rings. The predicted octanol–water partition coefficient (Wildman–Crippen LogP) is -0.216. The van der Waals surface area contributed by atoms with Crippen LogP contribution in [0.2, 0.25) is 0 Å². The average molecular weight is 469 g/mol. The summed E-state index contributed by atoms with van der Waals surface area (Å²) in [6.07, 6.45) is 0.544. The molecule has 0 rings (SSSR count). The highest BCUT2D eigenvalue weighted by Gasteiger charge is 2.15. The van der Waals surface area contributed by atoms with Gasteiger partial charge in [-0.05, 0) is 13.3 Å². The van der Waals surface area contributed by atoms with Gasteiger partial charge in [-0.3, -0.25) is 19.1 Å². The first-order chi connectivity index (χ1) is 14.8. The van der Waals surface area contributed by atoms with Gasteiger partial charge in [-0.1, -0.05) is 6.92 Å². The molecule has 11 nitrogen and oxygen atoms in total. The molecule has 0 bridgehead atoms. The normalized spacial score (nSPS) is 11.3. The Morgan fingerprint density at radius 3 is 2.10 bits per heavy atom. The fourth-order valence-electron chi connectivity index (χ4n) is 2.10. The zero-order valence-electron chi connectivity index (χ0n) is 18.5. The molecule has 0 aromatic rings. The monoisotopic (exact) mass is 468 g/mol. The second-order valence-electron chi connectivity index (χ2n) is 6.41. The topological polar surface area (TPSA) is 146 Å². The van der Waals surface area contributed by atoms with E-state index < -0.39 is 21.7 Å². The fourth-order valence-corrected chi connectivity index (χ4v) is 3.19. The van der Waals surface area contributed by atoms with Crippen molar-refractivity contribution >= 4 is 27.6 Å². The van der Waals surface area contributed by atoms with Gasteiger partial charge in [-0.25, -0.2) is 8.42 Å². The molecule has 12 heteroatoms. The van der Waals surface area contributed by atoms with Gasteiger partial charge in [0.2, 0.25) is 21.8 Å². The lowest BCUT2D eigenvalue weighted by Gasteiger charge is -2.08. The summed E-state index contributed by atoms with van der Waals surface area (Å²) in [7, 11) is -3.77. The number of carbonyl (C=O) groups excluding carboxylic acids is 3. The minimum absolute atomic E-state index is 0.0588. The molecule has 0 radical (unpaired) electrons. The summed E-state index contributed by atoms with van der Waals surface area (Å²) < 4.78 is 45.9. The molecule has 182 valence electrons. The molecule has 0 aliphatic heterocycles. The van der Waals surface area contributed by atoms with Crippen LogP contribution in [0.4, 0.5) is 0 Å². The van der Waals surface area contributed by atoms with Crippen LogP contribution in [-0.4, -0.2) is 91.2 Å². The Morgan fingerprint density at radius 1 is 0.774 bits per heavy atom. The maximum absolute atomic E-state index is 11.7. The lowest BCUT2D eigenvalue weighted by molar-refractivity contribution is -0.126. The van der Waals surface area contributed by atoms with Crippen molar-refractivity contribution in [3.63, 3.8) is 0 Å². The molecule has 0 aliphatic carbocycles. The molecule has 0 saturated carbocycles. The van der Waals surface area contributed by atoms with Crippen LogP contribution in [0.1, 0.15) is 39.5 Å². The van der Waals surface area contributed by atoms with Crippen LogP contribution in [0.25, 0.3) is 0 Å². The molecular weight excluding hydrogens is 432 g/mol. The largest absolute Gasteiger partial charge is 0.379 e. The number of ether oxygens (including phenoxy) is 4. The van der Waals surface area contributed by atoms with E-state index in [0.717, 1.165) is 0 Å². The number of hydrogen-bond acceptors (Lipinski definition) is 9. The van der Waals surface area contributed by atoms with Crippen LogP contribution in [0, 0.1) is 0 Å². The summed E-state index contributed by atoms with van der Waals surface area (Å²) in [5, 5.41) is 2.66. The van der Waals surface area contributed by atoms with Gasteiger partial charge in [-0.15, -0.1) is 0 Å². The van der Waals surface area contributed by atoms with Gasteiger partial charge in [0, 0.05) is 39.0 Å².